The second kappa shape index (κ2) is 7.22. The molecule has 0 aliphatic carbocycles. The van der Waals surface area contributed by atoms with Crippen LogP contribution in [0, 0.1) is 6.92 Å². The molecule has 2 N–H and O–H groups in total. The Bertz CT molecular complexity index is 1040. The Morgan fingerprint density at radius 3 is 2.30 bits per heavy atom. The van der Waals surface area contributed by atoms with Crippen LogP contribution in [0.2, 0.25) is 0 Å². The molecule has 2 aromatic carbocycles. The molecule has 1 heterocycles. The number of aromatic nitrogens is 2. The fourth-order valence-corrected chi connectivity index (χ4v) is 3.85. The van der Waals surface area contributed by atoms with Crippen LogP contribution < -0.4 is 4.72 Å². The number of rotatable bonds is 6. The molecule has 0 aliphatic heterocycles. The highest BCUT2D eigenvalue weighted by Crippen LogP contribution is 2.26. The van der Waals surface area contributed by atoms with E-state index in [4.69, 9.17) is 4.42 Å². The molecule has 0 fully saturated rings. The summed E-state index contributed by atoms with van der Waals surface area (Å²) in [6, 6.07) is 13.9. The lowest BCUT2D eigenvalue weighted by Gasteiger charge is -2.23. The molecule has 0 atom stereocenters. The van der Waals surface area contributed by atoms with E-state index in [0.29, 0.717) is 11.5 Å². The van der Waals surface area contributed by atoms with Crippen LogP contribution in [-0.4, -0.2) is 35.9 Å². The molecule has 0 saturated carbocycles. The Balaban J connectivity index is 1.91. The minimum absolute atomic E-state index is 0.0524. The second-order valence-electron chi connectivity index (χ2n) is 6.95. The monoisotopic (exact) mass is 387 g/mol. The van der Waals surface area contributed by atoms with Gasteiger partial charge in [0.25, 0.3) is 0 Å². The molecule has 0 aliphatic rings. The van der Waals surface area contributed by atoms with E-state index in [1.54, 1.807) is 26.0 Å². The van der Waals surface area contributed by atoms with Gasteiger partial charge in [0.2, 0.25) is 21.8 Å². The maximum Gasteiger partial charge on any atom is 0.248 e. The van der Waals surface area contributed by atoms with E-state index in [0.717, 1.165) is 11.1 Å². The van der Waals surface area contributed by atoms with Gasteiger partial charge in [-0.2, -0.15) is 0 Å². The number of sulfonamides is 1. The van der Waals surface area contributed by atoms with E-state index in [-0.39, 0.29) is 17.4 Å². The largest absolute Gasteiger partial charge is 0.416 e. The molecule has 27 heavy (non-hydrogen) atoms. The first-order chi connectivity index (χ1) is 12.7. The summed E-state index contributed by atoms with van der Waals surface area (Å²) in [7, 11) is -3.81. The summed E-state index contributed by atoms with van der Waals surface area (Å²) in [6.45, 7) is 4.86. The van der Waals surface area contributed by atoms with Crippen molar-refractivity contribution >= 4 is 10.0 Å². The van der Waals surface area contributed by atoms with Gasteiger partial charge in [-0.15, -0.1) is 10.2 Å². The molecule has 0 amide bonds. The minimum Gasteiger partial charge on any atom is -0.416 e. The normalized spacial score (nSPS) is 12.3. The van der Waals surface area contributed by atoms with E-state index in [9.17, 15) is 13.5 Å². The molecule has 8 heteroatoms. The molecular formula is C19H21N3O4S. The first kappa shape index (κ1) is 19.2. The third kappa shape index (κ3) is 4.41. The lowest BCUT2D eigenvalue weighted by atomic mass is 10.1. The van der Waals surface area contributed by atoms with Crippen LogP contribution in [0.1, 0.15) is 19.4 Å². The van der Waals surface area contributed by atoms with Gasteiger partial charge in [-0.25, -0.2) is 13.1 Å². The van der Waals surface area contributed by atoms with Gasteiger partial charge in [-0.1, -0.05) is 23.8 Å². The van der Waals surface area contributed by atoms with Gasteiger partial charge in [0.05, 0.1) is 17.0 Å². The van der Waals surface area contributed by atoms with Crippen molar-refractivity contribution in [2.45, 2.75) is 31.2 Å². The topological polar surface area (TPSA) is 105 Å². The van der Waals surface area contributed by atoms with Crippen LogP contribution in [0.3, 0.4) is 0 Å². The van der Waals surface area contributed by atoms with Crippen molar-refractivity contribution in [2.75, 3.05) is 6.61 Å². The SMILES string of the molecule is Cc1ccc(-c2nnc(-c3cccc(S(=O)(=O)NC(C)(C)CO)c3)o2)cc1. The van der Waals surface area contributed by atoms with Crippen LogP contribution in [0.4, 0.5) is 0 Å². The average Bonchev–Trinajstić information content (AvgIpc) is 3.12. The molecule has 0 unspecified atom stereocenters. The maximum absolute atomic E-state index is 12.6. The average molecular weight is 387 g/mol. The molecule has 0 saturated heterocycles. The number of hydrogen-bond acceptors (Lipinski definition) is 6. The van der Waals surface area contributed by atoms with Gasteiger partial charge in [-0.3, -0.25) is 0 Å². The number of aliphatic hydroxyl groups is 1. The first-order valence-corrected chi connectivity index (χ1v) is 9.84. The zero-order valence-electron chi connectivity index (χ0n) is 15.3. The zero-order chi connectivity index (χ0) is 19.7. The molecular weight excluding hydrogens is 366 g/mol. The fraction of sp³-hybridized carbons (Fsp3) is 0.263. The summed E-state index contributed by atoms with van der Waals surface area (Å²) in [5.74, 6) is 0.585. The Labute approximate surface area is 158 Å². The van der Waals surface area contributed by atoms with Gasteiger partial charge < -0.3 is 9.52 Å². The van der Waals surface area contributed by atoms with E-state index < -0.39 is 15.6 Å². The third-order valence-corrected chi connectivity index (χ3v) is 5.62. The van der Waals surface area contributed by atoms with Gasteiger partial charge >= 0.3 is 0 Å². The predicted molar refractivity (Wildman–Crippen MR) is 101 cm³/mol. The van der Waals surface area contributed by atoms with Gasteiger partial charge in [0, 0.05) is 11.1 Å². The quantitative estimate of drug-likeness (QED) is 0.674. The highest BCUT2D eigenvalue weighted by molar-refractivity contribution is 7.89. The Morgan fingerprint density at radius 2 is 1.67 bits per heavy atom. The lowest BCUT2D eigenvalue weighted by molar-refractivity contribution is 0.208. The summed E-state index contributed by atoms with van der Waals surface area (Å²) in [4.78, 5) is 0.0524. The maximum atomic E-state index is 12.6. The van der Waals surface area contributed by atoms with Crippen molar-refractivity contribution in [3.63, 3.8) is 0 Å². The van der Waals surface area contributed by atoms with Crippen molar-refractivity contribution in [3.05, 3.63) is 54.1 Å². The molecule has 3 aromatic rings. The predicted octanol–water partition coefficient (Wildman–Crippen LogP) is 2.76. The van der Waals surface area contributed by atoms with Gasteiger partial charge in [0.1, 0.15) is 0 Å². The van der Waals surface area contributed by atoms with Crippen molar-refractivity contribution in [2.24, 2.45) is 0 Å². The summed E-state index contributed by atoms with van der Waals surface area (Å²) < 4.78 is 33.3. The second-order valence-corrected chi connectivity index (χ2v) is 8.64. The molecule has 0 radical (unpaired) electrons. The Hall–Kier alpha value is -2.55. The van der Waals surface area contributed by atoms with Gasteiger partial charge in [0.15, 0.2) is 0 Å². The Kier molecular flexibility index (Phi) is 5.14. The number of hydrogen-bond donors (Lipinski definition) is 2. The van der Waals surface area contributed by atoms with Crippen LogP contribution in [0.15, 0.2) is 57.8 Å². The third-order valence-electron chi connectivity index (χ3n) is 3.92. The van der Waals surface area contributed by atoms with Crippen molar-refractivity contribution in [1.82, 2.24) is 14.9 Å². The van der Waals surface area contributed by atoms with E-state index >= 15 is 0 Å². The molecule has 0 spiro atoms. The molecule has 142 valence electrons. The number of benzene rings is 2. The number of aryl methyl sites for hydroxylation is 1. The molecule has 7 nitrogen and oxygen atoms in total. The first-order valence-electron chi connectivity index (χ1n) is 8.36. The lowest BCUT2D eigenvalue weighted by Crippen LogP contribution is -2.46. The summed E-state index contributed by atoms with van der Waals surface area (Å²) in [5, 5.41) is 17.4. The standard InChI is InChI=1S/C19H21N3O4S/c1-13-7-9-14(10-8-13)17-20-21-18(26-17)15-5-4-6-16(11-15)27(24,25)22-19(2,3)12-23/h4-11,22-23H,12H2,1-3H3. The summed E-state index contributed by atoms with van der Waals surface area (Å²) in [6.07, 6.45) is 0. The van der Waals surface area contributed by atoms with Crippen LogP contribution >= 0.6 is 0 Å². The van der Waals surface area contributed by atoms with Crippen LogP contribution in [0.25, 0.3) is 22.9 Å². The van der Waals surface area contributed by atoms with Crippen LogP contribution in [0.5, 0.6) is 0 Å². The van der Waals surface area contributed by atoms with Crippen molar-refractivity contribution in [1.29, 1.82) is 0 Å². The highest BCUT2D eigenvalue weighted by Gasteiger charge is 2.26. The van der Waals surface area contributed by atoms with E-state index in [1.165, 1.54) is 12.1 Å². The summed E-state index contributed by atoms with van der Waals surface area (Å²) >= 11 is 0. The number of nitrogens with zero attached hydrogens (tertiary/aromatic N) is 2. The van der Waals surface area contributed by atoms with E-state index in [2.05, 4.69) is 14.9 Å². The van der Waals surface area contributed by atoms with E-state index in [1.807, 2.05) is 31.2 Å². The number of nitrogens with one attached hydrogen (secondary N) is 1. The van der Waals surface area contributed by atoms with Crippen molar-refractivity contribution in [3.8, 4) is 22.9 Å². The summed E-state index contributed by atoms with van der Waals surface area (Å²) in [5.41, 5.74) is 1.42. The zero-order valence-corrected chi connectivity index (χ0v) is 16.1. The number of aliphatic hydroxyl groups excluding tert-OH is 1. The fourth-order valence-electron chi connectivity index (χ4n) is 2.40. The molecule has 0 bridgehead atoms. The smallest absolute Gasteiger partial charge is 0.248 e. The molecule has 3 rings (SSSR count). The Morgan fingerprint density at radius 1 is 1.04 bits per heavy atom. The van der Waals surface area contributed by atoms with Crippen molar-refractivity contribution < 1.29 is 17.9 Å². The highest BCUT2D eigenvalue weighted by atomic mass is 32.2. The van der Waals surface area contributed by atoms with Crippen LogP contribution in [-0.2, 0) is 10.0 Å². The minimum atomic E-state index is -3.81. The molecule has 1 aromatic heterocycles. The van der Waals surface area contributed by atoms with Gasteiger partial charge in [-0.05, 0) is 51.1 Å².